The summed E-state index contributed by atoms with van der Waals surface area (Å²) in [5.74, 6) is -1.38. The largest absolute Gasteiger partial charge is 0.508 e. The summed E-state index contributed by atoms with van der Waals surface area (Å²) in [5, 5.41) is 19.6. The van der Waals surface area contributed by atoms with Crippen molar-refractivity contribution in [3.8, 4) is 22.6 Å². The normalized spacial score (nSPS) is 15.9. The van der Waals surface area contributed by atoms with Crippen LogP contribution in [0, 0.1) is 5.82 Å². The summed E-state index contributed by atoms with van der Waals surface area (Å²) >= 11 is 0. The van der Waals surface area contributed by atoms with Crippen LogP contribution in [0.25, 0.3) is 11.1 Å². The molecule has 1 aliphatic rings. The first kappa shape index (κ1) is 17.4. The number of sulfonamides is 1. The molecule has 0 fully saturated rings. The fraction of sp³-hybridized carbons (Fsp3) is 0.100. The Morgan fingerprint density at radius 1 is 0.963 bits per heavy atom. The first-order valence-corrected chi connectivity index (χ1v) is 9.70. The molecule has 138 valence electrons. The standard InChI is InChI=1S/C20H16FNO4S/c1-12-15-4-2-3-5-16(15)17-8-6-13(21)10-18(17)22(12)27(25,26)20-9-7-14(23)11-19(20)24/h2-12,23-24H,1H3/t12-/m0/s1. The van der Waals surface area contributed by atoms with Crippen LogP contribution < -0.4 is 4.31 Å². The molecule has 0 bridgehead atoms. The lowest BCUT2D eigenvalue weighted by Crippen LogP contribution is -2.36. The summed E-state index contributed by atoms with van der Waals surface area (Å²) in [7, 11) is -4.23. The maximum absolute atomic E-state index is 14.0. The van der Waals surface area contributed by atoms with Gasteiger partial charge in [0.25, 0.3) is 10.0 Å². The molecule has 0 unspecified atom stereocenters. The fourth-order valence-electron chi connectivity index (χ4n) is 3.52. The second kappa shape index (κ2) is 5.99. The predicted molar refractivity (Wildman–Crippen MR) is 99.7 cm³/mol. The van der Waals surface area contributed by atoms with Crippen molar-refractivity contribution < 1.29 is 23.0 Å². The third kappa shape index (κ3) is 2.62. The van der Waals surface area contributed by atoms with Crippen LogP contribution in [0.5, 0.6) is 11.5 Å². The maximum Gasteiger partial charge on any atom is 0.268 e. The topological polar surface area (TPSA) is 77.8 Å². The summed E-state index contributed by atoms with van der Waals surface area (Å²) in [6.45, 7) is 1.71. The van der Waals surface area contributed by atoms with Gasteiger partial charge in [0.1, 0.15) is 22.2 Å². The SMILES string of the molecule is C[C@H]1c2ccccc2-c2ccc(F)cc2N1S(=O)(=O)c1ccc(O)cc1O. The van der Waals surface area contributed by atoms with E-state index in [-0.39, 0.29) is 16.3 Å². The van der Waals surface area contributed by atoms with Crippen LogP contribution >= 0.6 is 0 Å². The van der Waals surface area contributed by atoms with Gasteiger partial charge < -0.3 is 10.2 Å². The van der Waals surface area contributed by atoms with Gasteiger partial charge in [-0.05, 0) is 48.4 Å². The van der Waals surface area contributed by atoms with Crippen LogP contribution in [-0.4, -0.2) is 18.6 Å². The zero-order valence-electron chi connectivity index (χ0n) is 14.3. The number of phenols is 2. The number of rotatable bonds is 2. The second-order valence-electron chi connectivity index (χ2n) is 6.38. The van der Waals surface area contributed by atoms with Crippen molar-refractivity contribution in [1.82, 2.24) is 0 Å². The lowest BCUT2D eigenvalue weighted by molar-refractivity contribution is 0.439. The van der Waals surface area contributed by atoms with E-state index in [1.807, 2.05) is 24.3 Å². The van der Waals surface area contributed by atoms with E-state index in [2.05, 4.69) is 0 Å². The van der Waals surface area contributed by atoms with Gasteiger partial charge in [-0.25, -0.2) is 12.8 Å². The van der Waals surface area contributed by atoms with Crippen LogP contribution in [0.2, 0.25) is 0 Å². The predicted octanol–water partition coefficient (Wildman–Crippen LogP) is 4.17. The maximum atomic E-state index is 14.0. The Kier molecular flexibility index (Phi) is 3.85. The Morgan fingerprint density at radius 2 is 1.70 bits per heavy atom. The highest BCUT2D eigenvalue weighted by atomic mass is 32.2. The molecule has 0 amide bonds. The van der Waals surface area contributed by atoms with Gasteiger partial charge in [0.2, 0.25) is 0 Å². The Hall–Kier alpha value is -3.06. The summed E-state index contributed by atoms with van der Waals surface area (Å²) in [6.07, 6.45) is 0. The van der Waals surface area contributed by atoms with E-state index >= 15 is 0 Å². The average Bonchev–Trinajstić information content (AvgIpc) is 2.61. The van der Waals surface area contributed by atoms with Gasteiger partial charge in [0.15, 0.2) is 0 Å². The molecular formula is C20H16FNO4S. The van der Waals surface area contributed by atoms with Gasteiger partial charge in [-0.1, -0.05) is 24.3 Å². The smallest absolute Gasteiger partial charge is 0.268 e. The highest BCUT2D eigenvalue weighted by Gasteiger charge is 2.38. The second-order valence-corrected chi connectivity index (χ2v) is 8.16. The van der Waals surface area contributed by atoms with Gasteiger partial charge in [-0.3, -0.25) is 4.31 Å². The average molecular weight is 385 g/mol. The van der Waals surface area contributed by atoms with Crippen molar-refractivity contribution >= 4 is 15.7 Å². The van der Waals surface area contributed by atoms with E-state index in [4.69, 9.17) is 0 Å². The molecule has 27 heavy (non-hydrogen) atoms. The molecule has 0 aliphatic carbocycles. The van der Waals surface area contributed by atoms with E-state index < -0.39 is 27.6 Å². The van der Waals surface area contributed by atoms with Crippen LogP contribution in [0.4, 0.5) is 10.1 Å². The molecule has 0 spiro atoms. The number of benzene rings is 3. The number of aromatic hydroxyl groups is 2. The quantitative estimate of drug-likeness (QED) is 0.694. The molecule has 2 N–H and O–H groups in total. The number of fused-ring (bicyclic) bond motifs is 3. The van der Waals surface area contributed by atoms with E-state index in [9.17, 15) is 23.0 Å². The molecule has 4 rings (SSSR count). The highest BCUT2D eigenvalue weighted by molar-refractivity contribution is 7.93. The Labute approximate surface area is 156 Å². The number of halogens is 1. The molecular weight excluding hydrogens is 369 g/mol. The molecule has 5 nitrogen and oxygen atoms in total. The van der Waals surface area contributed by atoms with Crippen LogP contribution in [-0.2, 0) is 10.0 Å². The van der Waals surface area contributed by atoms with E-state index in [0.717, 1.165) is 27.6 Å². The van der Waals surface area contributed by atoms with Crippen molar-refractivity contribution in [2.45, 2.75) is 17.9 Å². The number of phenolic OH excluding ortho intramolecular Hbond substituents is 2. The summed E-state index contributed by atoms with van der Waals surface area (Å²) in [4.78, 5) is -0.359. The third-order valence-electron chi connectivity index (χ3n) is 4.73. The minimum absolute atomic E-state index is 0.202. The van der Waals surface area contributed by atoms with Crippen molar-refractivity contribution in [3.63, 3.8) is 0 Å². The summed E-state index contributed by atoms with van der Waals surface area (Å²) in [5.41, 5.74) is 2.40. The lowest BCUT2D eigenvalue weighted by Gasteiger charge is -2.37. The molecule has 3 aromatic rings. The van der Waals surface area contributed by atoms with Crippen molar-refractivity contribution in [2.75, 3.05) is 4.31 Å². The fourth-order valence-corrected chi connectivity index (χ4v) is 5.24. The van der Waals surface area contributed by atoms with Gasteiger partial charge in [0, 0.05) is 11.6 Å². The molecule has 0 aromatic heterocycles. The Balaban J connectivity index is 1.99. The molecule has 0 radical (unpaired) electrons. The van der Waals surface area contributed by atoms with Gasteiger partial charge in [0.05, 0.1) is 11.7 Å². The van der Waals surface area contributed by atoms with Crippen LogP contribution in [0.15, 0.2) is 65.6 Å². The number of anilines is 1. The lowest BCUT2D eigenvalue weighted by atomic mass is 9.90. The number of hydrogen-bond donors (Lipinski definition) is 2. The Morgan fingerprint density at radius 3 is 2.44 bits per heavy atom. The molecule has 1 atom stereocenters. The van der Waals surface area contributed by atoms with Gasteiger partial charge in [-0.15, -0.1) is 0 Å². The van der Waals surface area contributed by atoms with Crippen molar-refractivity contribution in [2.24, 2.45) is 0 Å². The monoisotopic (exact) mass is 385 g/mol. The zero-order chi connectivity index (χ0) is 19.3. The van der Waals surface area contributed by atoms with E-state index in [1.54, 1.807) is 13.0 Å². The van der Waals surface area contributed by atoms with Crippen LogP contribution in [0.1, 0.15) is 18.5 Å². The molecule has 7 heteroatoms. The van der Waals surface area contributed by atoms with Gasteiger partial charge >= 0.3 is 0 Å². The molecule has 1 heterocycles. The van der Waals surface area contributed by atoms with E-state index in [1.165, 1.54) is 18.2 Å². The minimum atomic E-state index is -4.23. The summed E-state index contributed by atoms with van der Waals surface area (Å²) in [6, 6.07) is 14.0. The van der Waals surface area contributed by atoms with Crippen molar-refractivity contribution in [1.29, 1.82) is 0 Å². The summed E-state index contributed by atoms with van der Waals surface area (Å²) < 4.78 is 41.9. The van der Waals surface area contributed by atoms with E-state index in [0.29, 0.717) is 5.56 Å². The first-order chi connectivity index (χ1) is 12.8. The minimum Gasteiger partial charge on any atom is -0.508 e. The molecule has 3 aromatic carbocycles. The number of hydrogen-bond acceptors (Lipinski definition) is 4. The first-order valence-electron chi connectivity index (χ1n) is 8.26. The highest BCUT2D eigenvalue weighted by Crippen LogP contribution is 2.48. The van der Waals surface area contributed by atoms with Crippen LogP contribution in [0.3, 0.4) is 0 Å². The molecule has 0 saturated carbocycles. The van der Waals surface area contributed by atoms with Gasteiger partial charge in [-0.2, -0.15) is 0 Å². The molecule has 1 aliphatic heterocycles. The Bertz CT molecular complexity index is 1160. The van der Waals surface area contributed by atoms with Crippen molar-refractivity contribution in [3.05, 3.63) is 72.0 Å². The zero-order valence-corrected chi connectivity index (χ0v) is 15.1. The third-order valence-corrected chi connectivity index (χ3v) is 6.66. The molecule has 0 saturated heterocycles. The number of nitrogens with zero attached hydrogens (tertiary/aromatic N) is 1.